The Morgan fingerprint density at radius 1 is 1.25 bits per heavy atom. The van der Waals surface area contributed by atoms with Gasteiger partial charge in [-0.3, -0.25) is 9.59 Å². The number of carbonyl (C=O) groups is 2. The van der Waals surface area contributed by atoms with Gasteiger partial charge in [0.25, 0.3) is 0 Å². The van der Waals surface area contributed by atoms with Crippen molar-refractivity contribution in [1.82, 2.24) is 9.78 Å². The molecule has 7 heteroatoms. The predicted molar refractivity (Wildman–Crippen MR) is 107 cm³/mol. The fraction of sp³-hybridized carbons (Fsp3) is 0.190. The molecule has 2 aromatic carbocycles. The van der Waals surface area contributed by atoms with E-state index in [-0.39, 0.29) is 18.1 Å². The number of amides is 1. The molecule has 0 saturated carbocycles. The van der Waals surface area contributed by atoms with Crippen LogP contribution in [0.15, 0.2) is 48.5 Å². The Balaban J connectivity index is 1.79. The Labute approximate surface area is 167 Å². The van der Waals surface area contributed by atoms with Gasteiger partial charge in [-0.15, -0.1) is 0 Å². The number of rotatable bonds is 4. The average molecular weight is 396 g/mol. The smallest absolute Gasteiger partial charge is 0.226 e. The summed E-state index contributed by atoms with van der Waals surface area (Å²) in [5, 5.41) is 7.94. The topological polar surface area (TPSA) is 73.2 Å². The molecule has 142 valence electrons. The summed E-state index contributed by atoms with van der Waals surface area (Å²) in [4.78, 5) is 25.5. The SMILES string of the molecule is COc1ccc(-n2nc(C)c3c2NC(=O)CC3C(=O)c2cccc(Cl)c2)cc1. The molecule has 0 saturated heterocycles. The first-order valence-corrected chi connectivity index (χ1v) is 9.19. The molecular formula is C21H18ClN3O3. The zero-order chi connectivity index (χ0) is 19.8. The number of hydrogen-bond donors (Lipinski definition) is 1. The third-order valence-corrected chi connectivity index (χ3v) is 5.08. The van der Waals surface area contributed by atoms with Crippen LogP contribution in [-0.2, 0) is 4.79 Å². The van der Waals surface area contributed by atoms with Gasteiger partial charge in [-0.05, 0) is 43.3 Å². The van der Waals surface area contributed by atoms with Crippen LogP contribution in [0.3, 0.4) is 0 Å². The molecule has 4 rings (SSSR count). The highest BCUT2D eigenvalue weighted by molar-refractivity contribution is 6.31. The van der Waals surface area contributed by atoms with Gasteiger partial charge in [0, 0.05) is 22.6 Å². The number of hydrogen-bond acceptors (Lipinski definition) is 4. The van der Waals surface area contributed by atoms with Gasteiger partial charge in [0.1, 0.15) is 11.6 Å². The Hall–Kier alpha value is -3.12. The molecule has 1 aliphatic rings. The zero-order valence-electron chi connectivity index (χ0n) is 15.4. The molecule has 0 fully saturated rings. The molecule has 1 N–H and O–H groups in total. The molecule has 1 aliphatic heterocycles. The quantitative estimate of drug-likeness (QED) is 0.673. The number of ketones is 1. The summed E-state index contributed by atoms with van der Waals surface area (Å²) in [5.74, 6) is 0.284. The minimum atomic E-state index is -0.603. The van der Waals surface area contributed by atoms with Crippen LogP contribution in [0.4, 0.5) is 5.82 Å². The molecule has 1 unspecified atom stereocenters. The second-order valence-electron chi connectivity index (χ2n) is 6.64. The fourth-order valence-corrected chi connectivity index (χ4v) is 3.71. The molecule has 1 amide bonds. The van der Waals surface area contributed by atoms with E-state index in [1.807, 2.05) is 31.2 Å². The normalized spacial score (nSPS) is 15.7. The molecule has 0 radical (unpaired) electrons. The number of halogens is 1. The van der Waals surface area contributed by atoms with E-state index >= 15 is 0 Å². The minimum absolute atomic E-state index is 0.0769. The summed E-state index contributed by atoms with van der Waals surface area (Å²) in [5.41, 5.74) is 2.68. The molecule has 1 atom stereocenters. The third-order valence-electron chi connectivity index (χ3n) is 4.85. The molecule has 3 aromatic rings. The second kappa shape index (κ2) is 7.13. The third kappa shape index (κ3) is 3.16. The van der Waals surface area contributed by atoms with Crippen molar-refractivity contribution < 1.29 is 14.3 Å². The lowest BCUT2D eigenvalue weighted by atomic mass is 9.85. The number of nitrogens with one attached hydrogen (secondary N) is 1. The van der Waals surface area contributed by atoms with E-state index in [0.717, 1.165) is 17.0 Å². The van der Waals surface area contributed by atoms with E-state index in [1.54, 1.807) is 36.1 Å². The van der Waals surface area contributed by atoms with Gasteiger partial charge in [-0.25, -0.2) is 4.68 Å². The van der Waals surface area contributed by atoms with E-state index < -0.39 is 5.92 Å². The van der Waals surface area contributed by atoms with Crippen LogP contribution in [0, 0.1) is 6.92 Å². The van der Waals surface area contributed by atoms with Crippen molar-refractivity contribution in [3.8, 4) is 11.4 Å². The summed E-state index contributed by atoms with van der Waals surface area (Å²) < 4.78 is 6.84. The highest BCUT2D eigenvalue weighted by Crippen LogP contribution is 2.38. The Kier molecular flexibility index (Phi) is 4.65. The van der Waals surface area contributed by atoms with Gasteiger partial charge in [0.15, 0.2) is 5.78 Å². The van der Waals surface area contributed by atoms with Gasteiger partial charge in [0.05, 0.1) is 24.4 Å². The van der Waals surface area contributed by atoms with E-state index in [1.165, 1.54) is 0 Å². The van der Waals surface area contributed by atoms with Gasteiger partial charge >= 0.3 is 0 Å². The summed E-state index contributed by atoms with van der Waals surface area (Å²) >= 11 is 6.04. The Bertz CT molecular complexity index is 1070. The van der Waals surface area contributed by atoms with Gasteiger partial charge < -0.3 is 10.1 Å². The van der Waals surface area contributed by atoms with Crippen molar-refractivity contribution in [3.05, 3.63) is 70.4 Å². The monoisotopic (exact) mass is 395 g/mol. The number of Topliss-reactive ketones (excluding diaryl/α,β-unsaturated/α-hetero) is 1. The van der Waals surface area contributed by atoms with Crippen molar-refractivity contribution >= 4 is 29.1 Å². The predicted octanol–water partition coefficient (Wildman–Crippen LogP) is 4.15. The number of aryl methyl sites for hydroxylation is 1. The number of nitrogens with zero attached hydrogens (tertiary/aromatic N) is 2. The minimum Gasteiger partial charge on any atom is -0.497 e. The maximum Gasteiger partial charge on any atom is 0.226 e. The highest BCUT2D eigenvalue weighted by atomic mass is 35.5. The molecular weight excluding hydrogens is 378 g/mol. The van der Waals surface area contributed by atoms with Crippen LogP contribution in [0.25, 0.3) is 5.69 Å². The molecule has 0 spiro atoms. The number of anilines is 1. The Morgan fingerprint density at radius 2 is 2.00 bits per heavy atom. The van der Waals surface area contributed by atoms with Crippen LogP contribution in [0.5, 0.6) is 5.75 Å². The molecule has 2 heterocycles. The molecule has 6 nitrogen and oxygen atoms in total. The van der Waals surface area contributed by atoms with Crippen molar-refractivity contribution in [2.45, 2.75) is 19.3 Å². The van der Waals surface area contributed by atoms with Crippen molar-refractivity contribution in [2.75, 3.05) is 12.4 Å². The van der Waals surface area contributed by atoms with Crippen molar-refractivity contribution in [3.63, 3.8) is 0 Å². The number of ether oxygens (including phenoxy) is 1. The van der Waals surface area contributed by atoms with E-state index in [4.69, 9.17) is 16.3 Å². The summed E-state index contributed by atoms with van der Waals surface area (Å²) in [6, 6.07) is 14.1. The second-order valence-corrected chi connectivity index (χ2v) is 7.07. The first kappa shape index (κ1) is 18.3. The van der Waals surface area contributed by atoms with Crippen LogP contribution < -0.4 is 10.1 Å². The number of carbonyl (C=O) groups excluding carboxylic acids is 2. The van der Waals surface area contributed by atoms with Gasteiger partial charge in [-0.2, -0.15) is 5.10 Å². The van der Waals surface area contributed by atoms with E-state index in [2.05, 4.69) is 10.4 Å². The van der Waals surface area contributed by atoms with Gasteiger partial charge in [0.2, 0.25) is 5.91 Å². The molecule has 28 heavy (non-hydrogen) atoms. The lowest BCUT2D eigenvalue weighted by molar-refractivity contribution is -0.116. The van der Waals surface area contributed by atoms with Crippen LogP contribution in [0.1, 0.15) is 34.0 Å². The summed E-state index contributed by atoms with van der Waals surface area (Å²) in [6.45, 7) is 1.84. The average Bonchev–Trinajstić information content (AvgIpc) is 3.03. The lowest BCUT2D eigenvalue weighted by Crippen LogP contribution is -2.28. The number of benzene rings is 2. The van der Waals surface area contributed by atoms with Gasteiger partial charge in [-0.1, -0.05) is 23.7 Å². The van der Waals surface area contributed by atoms with Crippen LogP contribution >= 0.6 is 11.6 Å². The first-order valence-electron chi connectivity index (χ1n) is 8.81. The van der Waals surface area contributed by atoms with E-state index in [9.17, 15) is 9.59 Å². The first-order chi connectivity index (χ1) is 13.5. The zero-order valence-corrected chi connectivity index (χ0v) is 16.2. The van der Waals surface area contributed by atoms with Crippen molar-refractivity contribution in [2.24, 2.45) is 0 Å². The number of methoxy groups -OCH3 is 1. The maximum atomic E-state index is 13.1. The summed E-state index contributed by atoms with van der Waals surface area (Å²) in [7, 11) is 1.60. The number of fused-ring (bicyclic) bond motifs is 1. The Morgan fingerprint density at radius 3 is 2.68 bits per heavy atom. The lowest BCUT2D eigenvalue weighted by Gasteiger charge is -2.23. The highest BCUT2D eigenvalue weighted by Gasteiger charge is 2.36. The molecule has 1 aromatic heterocycles. The van der Waals surface area contributed by atoms with Crippen LogP contribution in [-0.4, -0.2) is 28.6 Å². The maximum absolute atomic E-state index is 13.1. The molecule has 0 bridgehead atoms. The standard InChI is InChI=1S/C21H18ClN3O3/c1-12-19-17(20(27)13-4-3-5-14(22)10-13)11-18(26)23-21(19)25(24-12)15-6-8-16(28-2)9-7-15/h3-10,17H,11H2,1-2H3,(H,23,26). The van der Waals surface area contributed by atoms with E-state index in [0.29, 0.717) is 22.1 Å². The molecule has 0 aliphatic carbocycles. The van der Waals surface area contributed by atoms with Crippen LogP contribution in [0.2, 0.25) is 5.02 Å². The van der Waals surface area contributed by atoms with Crippen molar-refractivity contribution in [1.29, 1.82) is 0 Å². The summed E-state index contributed by atoms with van der Waals surface area (Å²) in [6.07, 6.45) is 0.0769. The number of aromatic nitrogens is 2. The largest absolute Gasteiger partial charge is 0.497 e. The fourth-order valence-electron chi connectivity index (χ4n) is 3.52.